The molecule has 1 aliphatic carbocycles. The van der Waals surface area contributed by atoms with Crippen molar-refractivity contribution in [3.63, 3.8) is 0 Å². The number of hydrogen-bond donors (Lipinski definition) is 0. The maximum atomic E-state index is 11.8. The van der Waals surface area contributed by atoms with E-state index in [-0.39, 0.29) is 5.69 Å². The molecule has 0 radical (unpaired) electrons. The molecule has 2 aliphatic rings. The highest BCUT2D eigenvalue weighted by Crippen LogP contribution is 2.51. The van der Waals surface area contributed by atoms with Crippen LogP contribution < -0.4 is 0 Å². The van der Waals surface area contributed by atoms with Gasteiger partial charge < -0.3 is 14.2 Å². The van der Waals surface area contributed by atoms with E-state index in [1.807, 2.05) is 0 Å². The molecule has 3 rings (SSSR count). The van der Waals surface area contributed by atoms with Crippen LogP contribution in [0.15, 0.2) is 36.1 Å². The Balaban J connectivity index is 1.96. The molecule has 0 bridgehead atoms. The van der Waals surface area contributed by atoms with E-state index in [2.05, 4.69) is 0 Å². The third-order valence-electron chi connectivity index (χ3n) is 4.86. The SMILES string of the molecule is COC(=O)/C=C1/OC(C)(c2ccc([N+](=O)[O-])cc2)OC12CCCCC2. The zero-order valence-corrected chi connectivity index (χ0v) is 14.3. The summed E-state index contributed by atoms with van der Waals surface area (Å²) in [7, 11) is 1.32. The number of nitro groups is 1. The molecule has 7 heteroatoms. The van der Waals surface area contributed by atoms with Gasteiger partial charge in [-0.3, -0.25) is 10.1 Å². The van der Waals surface area contributed by atoms with Crippen LogP contribution in [-0.2, 0) is 24.8 Å². The number of methoxy groups -OCH3 is 1. The topological polar surface area (TPSA) is 87.9 Å². The number of non-ortho nitro benzene ring substituents is 1. The van der Waals surface area contributed by atoms with Crippen molar-refractivity contribution in [2.75, 3.05) is 7.11 Å². The molecular weight excluding hydrogens is 326 g/mol. The maximum absolute atomic E-state index is 11.8. The highest BCUT2D eigenvalue weighted by Gasteiger charge is 2.54. The number of hydrogen-bond acceptors (Lipinski definition) is 6. The van der Waals surface area contributed by atoms with E-state index in [1.165, 1.54) is 25.3 Å². The van der Waals surface area contributed by atoms with Crippen molar-refractivity contribution in [3.8, 4) is 0 Å². The molecule has 1 heterocycles. The summed E-state index contributed by atoms with van der Waals surface area (Å²) >= 11 is 0. The monoisotopic (exact) mass is 347 g/mol. The average molecular weight is 347 g/mol. The van der Waals surface area contributed by atoms with E-state index < -0.39 is 22.3 Å². The number of benzene rings is 1. The van der Waals surface area contributed by atoms with Crippen LogP contribution in [0.25, 0.3) is 0 Å². The van der Waals surface area contributed by atoms with E-state index in [9.17, 15) is 14.9 Å². The summed E-state index contributed by atoms with van der Waals surface area (Å²) in [5, 5.41) is 10.8. The number of carbonyl (C=O) groups excluding carboxylic acids is 1. The van der Waals surface area contributed by atoms with Crippen LogP contribution in [0.2, 0.25) is 0 Å². The van der Waals surface area contributed by atoms with Crippen LogP contribution in [0.1, 0.15) is 44.6 Å². The van der Waals surface area contributed by atoms with Crippen LogP contribution in [0.4, 0.5) is 5.69 Å². The summed E-state index contributed by atoms with van der Waals surface area (Å²) < 4.78 is 17.2. The summed E-state index contributed by atoms with van der Waals surface area (Å²) in [6.45, 7) is 1.77. The fourth-order valence-corrected chi connectivity index (χ4v) is 3.55. The summed E-state index contributed by atoms with van der Waals surface area (Å²) in [4.78, 5) is 22.1. The van der Waals surface area contributed by atoms with Gasteiger partial charge in [0.25, 0.3) is 5.69 Å². The minimum Gasteiger partial charge on any atom is -0.466 e. The van der Waals surface area contributed by atoms with E-state index in [0.717, 1.165) is 32.1 Å². The van der Waals surface area contributed by atoms with E-state index in [0.29, 0.717) is 11.3 Å². The molecule has 1 atom stereocenters. The zero-order chi connectivity index (χ0) is 18.1. The predicted molar refractivity (Wildman–Crippen MR) is 88.5 cm³/mol. The molecule has 1 aromatic rings. The number of nitro benzene ring substituents is 1. The summed E-state index contributed by atoms with van der Waals surface area (Å²) in [5.74, 6) is -1.12. The Labute approximate surface area is 145 Å². The number of ether oxygens (including phenoxy) is 3. The number of nitrogens with zero attached hydrogens (tertiary/aromatic N) is 1. The molecule has 1 unspecified atom stereocenters. The van der Waals surface area contributed by atoms with Crippen molar-refractivity contribution < 1.29 is 23.9 Å². The predicted octanol–water partition coefficient (Wildman–Crippen LogP) is 3.57. The number of carbonyl (C=O) groups is 1. The minimum absolute atomic E-state index is 0.00283. The maximum Gasteiger partial charge on any atom is 0.333 e. The first-order chi connectivity index (χ1) is 11.9. The lowest BCUT2D eigenvalue weighted by Crippen LogP contribution is -2.35. The van der Waals surface area contributed by atoms with Crippen molar-refractivity contribution in [1.29, 1.82) is 0 Å². The molecule has 0 amide bonds. The van der Waals surface area contributed by atoms with Crippen LogP contribution in [0, 0.1) is 10.1 Å². The Morgan fingerprint density at radius 3 is 2.44 bits per heavy atom. The molecule has 0 aromatic heterocycles. The van der Waals surface area contributed by atoms with Gasteiger partial charge in [0.15, 0.2) is 0 Å². The third kappa shape index (κ3) is 3.24. The van der Waals surface area contributed by atoms with Gasteiger partial charge in [0.05, 0.1) is 18.1 Å². The van der Waals surface area contributed by atoms with Crippen molar-refractivity contribution in [1.82, 2.24) is 0 Å². The Kier molecular flexibility index (Phi) is 4.51. The van der Waals surface area contributed by atoms with Gasteiger partial charge in [0.1, 0.15) is 11.4 Å². The second kappa shape index (κ2) is 6.48. The Morgan fingerprint density at radius 2 is 1.88 bits per heavy atom. The highest BCUT2D eigenvalue weighted by molar-refractivity contribution is 5.82. The third-order valence-corrected chi connectivity index (χ3v) is 4.86. The molecule has 7 nitrogen and oxygen atoms in total. The van der Waals surface area contributed by atoms with Gasteiger partial charge in [-0.2, -0.15) is 0 Å². The Morgan fingerprint density at radius 1 is 1.24 bits per heavy atom. The quantitative estimate of drug-likeness (QED) is 0.359. The lowest BCUT2D eigenvalue weighted by atomic mass is 9.83. The number of esters is 1. The molecule has 0 N–H and O–H groups in total. The van der Waals surface area contributed by atoms with Crippen molar-refractivity contribution in [2.45, 2.75) is 50.4 Å². The standard InChI is InChI=1S/C18H21NO6/c1-17(13-6-8-14(9-7-13)19(21)22)24-15(12-16(20)23-2)18(25-17)10-4-3-5-11-18/h6-9,12H,3-5,10-11H2,1-2H3/b15-12+. The van der Waals surface area contributed by atoms with Gasteiger partial charge in [-0.15, -0.1) is 0 Å². The Bertz CT molecular complexity index is 705. The fraction of sp³-hybridized carbons (Fsp3) is 0.500. The fourth-order valence-electron chi connectivity index (χ4n) is 3.55. The molecule has 134 valence electrons. The molecule has 1 saturated heterocycles. The molecule has 25 heavy (non-hydrogen) atoms. The summed E-state index contributed by atoms with van der Waals surface area (Å²) in [5.41, 5.74) is 0.0162. The van der Waals surface area contributed by atoms with E-state index in [4.69, 9.17) is 14.2 Å². The second-order valence-electron chi connectivity index (χ2n) is 6.54. The van der Waals surface area contributed by atoms with Crippen LogP contribution >= 0.6 is 0 Å². The first-order valence-corrected chi connectivity index (χ1v) is 8.33. The van der Waals surface area contributed by atoms with Gasteiger partial charge in [0, 0.05) is 24.6 Å². The van der Waals surface area contributed by atoms with Crippen LogP contribution in [-0.4, -0.2) is 23.6 Å². The molecular formula is C18H21NO6. The van der Waals surface area contributed by atoms with Crippen molar-refractivity contribution in [2.24, 2.45) is 0 Å². The number of rotatable bonds is 3. The second-order valence-corrected chi connectivity index (χ2v) is 6.54. The molecule has 2 fully saturated rings. The van der Waals surface area contributed by atoms with Gasteiger partial charge >= 0.3 is 5.97 Å². The molecule has 1 saturated carbocycles. The smallest absolute Gasteiger partial charge is 0.333 e. The van der Waals surface area contributed by atoms with Gasteiger partial charge in [-0.1, -0.05) is 19.3 Å². The van der Waals surface area contributed by atoms with Gasteiger partial charge in [0.2, 0.25) is 5.79 Å². The summed E-state index contributed by atoms with van der Waals surface area (Å²) in [6.07, 6.45) is 5.96. The van der Waals surface area contributed by atoms with E-state index >= 15 is 0 Å². The van der Waals surface area contributed by atoms with Gasteiger partial charge in [-0.05, 0) is 25.0 Å². The molecule has 1 aromatic carbocycles. The van der Waals surface area contributed by atoms with Crippen molar-refractivity contribution >= 4 is 11.7 Å². The first-order valence-electron chi connectivity index (χ1n) is 8.33. The van der Waals surface area contributed by atoms with E-state index in [1.54, 1.807) is 19.1 Å². The minimum atomic E-state index is -1.10. The first kappa shape index (κ1) is 17.4. The highest BCUT2D eigenvalue weighted by atomic mass is 16.8. The molecule has 1 aliphatic heterocycles. The van der Waals surface area contributed by atoms with Crippen molar-refractivity contribution in [3.05, 3.63) is 51.8 Å². The van der Waals surface area contributed by atoms with Crippen LogP contribution in [0.5, 0.6) is 0 Å². The Hall–Kier alpha value is -2.41. The van der Waals surface area contributed by atoms with Crippen LogP contribution in [0.3, 0.4) is 0 Å². The average Bonchev–Trinajstić information content (AvgIpc) is 2.87. The lowest BCUT2D eigenvalue weighted by Gasteiger charge is -2.32. The lowest BCUT2D eigenvalue weighted by molar-refractivity contribution is -0.384. The zero-order valence-electron chi connectivity index (χ0n) is 14.3. The molecule has 1 spiro atoms. The normalized spacial score (nSPS) is 26.4. The van der Waals surface area contributed by atoms with Gasteiger partial charge in [-0.25, -0.2) is 4.79 Å². The summed E-state index contributed by atoms with van der Waals surface area (Å²) in [6, 6.07) is 6.08. The largest absolute Gasteiger partial charge is 0.466 e.